The van der Waals surface area contributed by atoms with Crippen LogP contribution in [0.2, 0.25) is 10.0 Å². The van der Waals surface area contributed by atoms with E-state index in [1.807, 2.05) is 0 Å². The summed E-state index contributed by atoms with van der Waals surface area (Å²) in [5, 5.41) is 0.629. The Bertz CT molecular complexity index is 844. The molecule has 0 unspecified atom stereocenters. The van der Waals surface area contributed by atoms with Crippen molar-refractivity contribution in [1.29, 1.82) is 0 Å². The van der Waals surface area contributed by atoms with Crippen LogP contribution in [0.4, 0.5) is 0 Å². The average molecular weight is 398 g/mol. The highest BCUT2D eigenvalue weighted by Crippen LogP contribution is 2.22. The van der Waals surface area contributed by atoms with E-state index in [0.29, 0.717) is 10.0 Å². The van der Waals surface area contributed by atoms with E-state index in [4.69, 9.17) is 32.7 Å². The monoisotopic (exact) mass is 397 g/mol. The van der Waals surface area contributed by atoms with Crippen molar-refractivity contribution >= 4 is 41.0 Å². The van der Waals surface area contributed by atoms with Crippen LogP contribution in [0.3, 0.4) is 0 Å². The molecule has 10 heteroatoms. The van der Waals surface area contributed by atoms with Crippen LogP contribution in [-0.4, -0.2) is 36.5 Å². The minimum atomic E-state index is -0.828. The second kappa shape index (κ2) is 9.02. The number of rotatable bonds is 5. The summed E-state index contributed by atoms with van der Waals surface area (Å²) in [6.45, 7) is -0.625. The third-order valence-electron chi connectivity index (χ3n) is 2.99. The maximum Gasteiger partial charge on any atom is 0.357 e. The first kappa shape index (κ1) is 19.5. The fraction of sp³-hybridized carbons (Fsp3) is 0.125. The molecule has 0 saturated heterocycles. The first-order valence-corrected chi connectivity index (χ1v) is 7.87. The van der Waals surface area contributed by atoms with Crippen LogP contribution in [-0.2, 0) is 9.53 Å². The first-order valence-electron chi connectivity index (χ1n) is 7.12. The molecule has 0 fully saturated rings. The van der Waals surface area contributed by atoms with Crippen LogP contribution in [0.5, 0.6) is 5.75 Å². The molecule has 0 aliphatic carbocycles. The van der Waals surface area contributed by atoms with Gasteiger partial charge in [-0.05, 0) is 30.3 Å². The fourth-order valence-corrected chi connectivity index (χ4v) is 2.14. The van der Waals surface area contributed by atoms with Crippen molar-refractivity contribution in [1.82, 2.24) is 15.8 Å². The van der Waals surface area contributed by atoms with E-state index in [1.54, 1.807) is 6.07 Å². The molecule has 0 aliphatic rings. The van der Waals surface area contributed by atoms with Crippen LogP contribution >= 0.6 is 23.2 Å². The Morgan fingerprint density at radius 2 is 1.81 bits per heavy atom. The van der Waals surface area contributed by atoms with E-state index in [-0.39, 0.29) is 17.0 Å². The zero-order chi connectivity index (χ0) is 19.1. The molecule has 2 amide bonds. The minimum Gasteiger partial charge on any atom is -0.496 e. The van der Waals surface area contributed by atoms with Crippen LogP contribution < -0.4 is 15.6 Å². The second-order valence-electron chi connectivity index (χ2n) is 4.78. The normalized spacial score (nSPS) is 9.96. The van der Waals surface area contributed by atoms with Gasteiger partial charge in [-0.25, -0.2) is 9.78 Å². The number of amides is 2. The standard InChI is InChI=1S/C16H13Cl2N3O5/c1-25-13-3-2-9(17)6-11(13)15(23)21-20-14(22)8-26-16(24)12-7-10(18)4-5-19-12/h2-7H,8H2,1H3,(H,20,22)(H,21,23). The number of carbonyl (C=O) groups is 3. The predicted molar refractivity (Wildman–Crippen MR) is 93.1 cm³/mol. The van der Waals surface area contributed by atoms with Gasteiger partial charge in [0.25, 0.3) is 11.8 Å². The SMILES string of the molecule is COc1ccc(Cl)cc1C(=O)NNC(=O)COC(=O)c1cc(Cl)ccn1. The number of hydrogen-bond acceptors (Lipinski definition) is 6. The van der Waals surface area contributed by atoms with Gasteiger partial charge in [0.05, 0.1) is 12.7 Å². The highest BCUT2D eigenvalue weighted by molar-refractivity contribution is 6.31. The average Bonchev–Trinajstić information content (AvgIpc) is 2.64. The zero-order valence-electron chi connectivity index (χ0n) is 13.4. The maximum atomic E-state index is 12.1. The lowest BCUT2D eigenvalue weighted by atomic mass is 10.2. The summed E-state index contributed by atoms with van der Waals surface area (Å²) in [6.07, 6.45) is 1.33. The third-order valence-corrected chi connectivity index (χ3v) is 3.46. The smallest absolute Gasteiger partial charge is 0.357 e. The number of pyridine rings is 1. The number of carbonyl (C=O) groups excluding carboxylic acids is 3. The highest BCUT2D eigenvalue weighted by Gasteiger charge is 2.15. The fourth-order valence-electron chi connectivity index (χ4n) is 1.81. The molecule has 0 spiro atoms. The molecule has 2 rings (SSSR count). The van der Waals surface area contributed by atoms with Crippen molar-refractivity contribution in [2.75, 3.05) is 13.7 Å². The van der Waals surface area contributed by atoms with Crippen LogP contribution in [0, 0.1) is 0 Å². The first-order chi connectivity index (χ1) is 12.4. The van der Waals surface area contributed by atoms with Crippen molar-refractivity contribution in [3.8, 4) is 5.75 Å². The Morgan fingerprint density at radius 1 is 1.08 bits per heavy atom. The molecular formula is C16H13Cl2N3O5. The van der Waals surface area contributed by atoms with Gasteiger partial charge in [-0.15, -0.1) is 0 Å². The number of esters is 1. The second-order valence-corrected chi connectivity index (χ2v) is 5.66. The lowest BCUT2D eigenvalue weighted by molar-refractivity contribution is -0.125. The summed E-state index contributed by atoms with van der Waals surface area (Å²) in [4.78, 5) is 39.3. The molecule has 1 aromatic carbocycles. The quantitative estimate of drug-likeness (QED) is 0.590. The number of hydrogen-bond donors (Lipinski definition) is 2. The van der Waals surface area contributed by atoms with Gasteiger partial charge in [-0.3, -0.25) is 20.4 Å². The van der Waals surface area contributed by atoms with Gasteiger partial charge < -0.3 is 9.47 Å². The van der Waals surface area contributed by atoms with E-state index >= 15 is 0 Å². The molecule has 2 N–H and O–H groups in total. The Kier molecular flexibility index (Phi) is 6.76. The predicted octanol–water partition coefficient (Wildman–Crippen LogP) is 2.01. The van der Waals surface area contributed by atoms with E-state index in [2.05, 4.69) is 15.8 Å². The molecule has 0 saturated carbocycles. The summed E-state index contributed by atoms with van der Waals surface area (Å²) in [5.41, 5.74) is 4.36. The van der Waals surface area contributed by atoms with E-state index in [9.17, 15) is 14.4 Å². The van der Waals surface area contributed by atoms with Crippen molar-refractivity contribution in [3.05, 3.63) is 57.8 Å². The lowest BCUT2D eigenvalue weighted by Gasteiger charge is -2.11. The molecule has 1 aromatic heterocycles. The van der Waals surface area contributed by atoms with Crippen molar-refractivity contribution in [3.63, 3.8) is 0 Å². The van der Waals surface area contributed by atoms with Crippen LogP contribution in [0.25, 0.3) is 0 Å². The Labute approximate surface area is 158 Å². The van der Waals surface area contributed by atoms with Gasteiger partial charge in [-0.2, -0.15) is 0 Å². The van der Waals surface area contributed by atoms with Crippen LogP contribution in [0.1, 0.15) is 20.8 Å². The number of benzene rings is 1. The number of nitrogens with zero attached hydrogens (tertiary/aromatic N) is 1. The largest absolute Gasteiger partial charge is 0.496 e. The Balaban J connectivity index is 1.86. The number of methoxy groups -OCH3 is 1. The molecule has 0 aliphatic heterocycles. The lowest BCUT2D eigenvalue weighted by Crippen LogP contribution is -2.43. The summed E-state index contributed by atoms with van der Waals surface area (Å²) >= 11 is 11.6. The van der Waals surface area contributed by atoms with Crippen molar-refractivity contribution in [2.45, 2.75) is 0 Å². The topological polar surface area (TPSA) is 107 Å². The van der Waals surface area contributed by atoms with Gasteiger partial charge >= 0.3 is 5.97 Å². The van der Waals surface area contributed by atoms with Gasteiger partial charge in [0, 0.05) is 16.2 Å². The Morgan fingerprint density at radius 3 is 2.50 bits per heavy atom. The highest BCUT2D eigenvalue weighted by atomic mass is 35.5. The summed E-state index contributed by atoms with van der Waals surface area (Å²) in [5.74, 6) is -1.96. The molecular weight excluding hydrogens is 385 g/mol. The summed E-state index contributed by atoms with van der Waals surface area (Å²) in [6, 6.07) is 7.24. The van der Waals surface area contributed by atoms with E-state index in [0.717, 1.165) is 0 Å². The Hall–Kier alpha value is -2.84. The van der Waals surface area contributed by atoms with Gasteiger partial charge in [-0.1, -0.05) is 23.2 Å². The molecule has 8 nitrogen and oxygen atoms in total. The number of ether oxygens (including phenoxy) is 2. The number of halogens is 2. The molecule has 0 radical (unpaired) electrons. The summed E-state index contributed by atoms with van der Waals surface area (Å²) in [7, 11) is 1.39. The van der Waals surface area contributed by atoms with Gasteiger partial charge in [0.15, 0.2) is 6.61 Å². The van der Waals surface area contributed by atoms with Gasteiger partial charge in [0.1, 0.15) is 11.4 Å². The molecule has 0 bridgehead atoms. The number of nitrogens with one attached hydrogen (secondary N) is 2. The minimum absolute atomic E-state index is 0.0435. The van der Waals surface area contributed by atoms with E-state index in [1.165, 1.54) is 37.6 Å². The zero-order valence-corrected chi connectivity index (χ0v) is 14.9. The van der Waals surface area contributed by atoms with Crippen molar-refractivity contribution < 1.29 is 23.9 Å². The van der Waals surface area contributed by atoms with Gasteiger partial charge in [0.2, 0.25) is 0 Å². The molecule has 2 aromatic rings. The molecule has 136 valence electrons. The number of hydrazine groups is 1. The number of aromatic nitrogens is 1. The third kappa shape index (κ3) is 5.33. The van der Waals surface area contributed by atoms with Crippen molar-refractivity contribution in [2.24, 2.45) is 0 Å². The maximum absolute atomic E-state index is 12.1. The van der Waals surface area contributed by atoms with E-state index < -0.39 is 24.4 Å². The molecule has 0 atom stereocenters. The molecule has 1 heterocycles. The van der Waals surface area contributed by atoms with Crippen LogP contribution in [0.15, 0.2) is 36.5 Å². The molecule has 26 heavy (non-hydrogen) atoms. The summed E-state index contributed by atoms with van der Waals surface area (Å²) < 4.78 is 9.82.